The van der Waals surface area contributed by atoms with Crippen molar-refractivity contribution < 1.29 is 4.74 Å². The van der Waals surface area contributed by atoms with Gasteiger partial charge in [0, 0.05) is 11.8 Å². The Morgan fingerprint density at radius 2 is 1.89 bits per heavy atom. The second kappa shape index (κ2) is 5.21. The summed E-state index contributed by atoms with van der Waals surface area (Å²) in [4.78, 5) is 4.25. The Morgan fingerprint density at radius 3 is 2.50 bits per heavy atom. The number of nitrogens with zero attached hydrogens (tertiary/aromatic N) is 1. The highest BCUT2D eigenvalue weighted by Crippen LogP contribution is 2.31. The van der Waals surface area contributed by atoms with Gasteiger partial charge in [-0.15, -0.1) is 0 Å². The quantitative estimate of drug-likeness (QED) is 0.804. The van der Waals surface area contributed by atoms with Crippen LogP contribution in [0.5, 0.6) is 5.88 Å². The molecule has 2 heteroatoms. The van der Waals surface area contributed by atoms with Crippen LogP contribution in [0.2, 0.25) is 0 Å². The SMILES string of the molecule is COc1ncccc1-c1ccc(C(C)C)cc1C. The van der Waals surface area contributed by atoms with E-state index >= 15 is 0 Å². The average Bonchev–Trinajstić information content (AvgIpc) is 2.38. The molecule has 0 atom stereocenters. The molecule has 0 amide bonds. The van der Waals surface area contributed by atoms with E-state index in [9.17, 15) is 0 Å². The summed E-state index contributed by atoms with van der Waals surface area (Å²) < 4.78 is 5.32. The van der Waals surface area contributed by atoms with Gasteiger partial charge in [0.15, 0.2) is 0 Å². The fourth-order valence-corrected chi connectivity index (χ4v) is 2.11. The van der Waals surface area contributed by atoms with E-state index < -0.39 is 0 Å². The van der Waals surface area contributed by atoms with Gasteiger partial charge in [-0.25, -0.2) is 4.98 Å². The Labute approximate surface area is 109 Å². The van der Waals surface area contributed by atoms with Crippen LogP contribution in [0.4, 0.5) is 0 Å². The van der Waals surface area contributed by atoms with Gasteiger partial charge in [-0.3, -0.25) is 0 Å². The fourth-order valence-electron chi connectivity index (χ4n) is 2.11. The number of ether oxygens (including phenoxy) is 1. The topological polar surface area (TPSA) is 22.1 Å². The molecule has 2 nitrogen and oxygen atoms in total. The third-order valence-corrected chi connectivity index (χ3v) is 3.17. The first-order chi connectivity index (χ1) is 8.63. The summed E-state index contributed by atoms with van der Waals surface area (Å²) in [5, 5.41) is 0. The molecule has 1 heterocycles. The lowest BCUT2D eigenvalue weighted by Gasteiger charge is -2.12. The molecule has 94 valence electrons. The number of pyridine rings is 1. The van der Waals surface area contributed by atoms with Gasteiger partial charge < -0.3 is 4.74 Å². The molecule has 0 unspecified atom stereocenters. The number of hydrogen-bond acceptors (Lipinski definition) is 2. The van der Waals surface area contributed by atoms with Crippen molar-refractivity contribution in [2.24, 2.45) is 0 Å². The molecule has 0 fully saturated rings. The lowest BCUT2D eigenvalue weighted by Crippen LogP contribution is -1.94. The zero-order valence-electron chi connectivity index (χ0n) is 11.4. The van der Waals surface area contributed by atoms with Crippen LogP contribution in [0, 0.1) is 6.92 Å². The van der Waals surface area contributed by atoms with Crippen LogP contribution in [0.25, 0.3) is 11.1 Å². The van der Waals surface area contributed by atoms with E-state index in [0.29, 0.717) is 11.8 Å². The normalized spacial score (nSPS) is 10.7. The summed E-state index contributed by atoms with van der Waals surface area (Å²) in [7, 11) is 1.66. The van der Waals surface area contributed by atoms with Crippen LogP contribution >= 0.6 is 0 Å². The number of aromatic nitrogens is 1. The van der Waals surface area contributed by atoms with Gasteiger partial charge in [0.1, 0.15) is 0 Å². The third kappa shape index (κ3) is 2.37. The molecule has 1 aromatic carbocycles. The number of hydrogen-bond donors (Lipinski definition) is 0. The predicted octanol–water partition coefficient (Wildman–Crippen LogP) is 4.19. The molecular formula is C16H19NO. The van der Waals surface area contributed by atoms with Gasteiger partial charge >= 0.3 is 0 Å². The van der Waals surface area contributed by atoms with Gasteiger partial charge in [-0.05, 0) is 41.7 Å². The summed E-state index contributed by atoms with van der Waals surface area (Å²) in [5.74, 6) is 1.23. The van der Waals surface area contributed by atoms with Gasteiger partial charge in [0.2, 0.25) is 5.88 Å². The summed E-state index contributed by atoms with van der Waals surface area (Å²) >= 11 is 0. The smallest absolute Gasteiger partial charge is 0.221 e. The first kappa shape index (κ1) is 12.6. The molecule has 2 rings (SSSR count). The standard InChI is InChI=1S/C16H19NO/c1-11(2)13-7-8-14(12(3)10-13)15-6-5-9-17-16(15)18-4/h5-11H,1-4H3. The molecular weight excluding hydrogens is 222 g/mol. The Balaban J connectivity index is 2.51. The Morgan fingerprint density at radius 1 is 1.11 bits per heavy atom. The summed E-state index contributed by atoms with van der Waals surface area (Å²) in [6.45, 7) is 6.55. The maximum atomic E-state index is 5.32. The van der Waals surface area contributed by atoms with Crippen LogP contribution in [-0.4, -0.2) is 12.1 Å². The number of aryl methyl sites for hydroxylation is 1. The third-order valence-electron chi connectivity index (χ3n) is 3.17. The second-order valence-corrected chi connectivity index (χ2v) is 4.79. The van der Waals surface area contributed by atoms with Crippen molar-refractivity contribution >= 4 is 0 Å². The number of benzene rings is 1. The van der Waals surface area contributed by atoms with Crippen LogP contribution in [0.15, 0.2) is 36.5 Å². The largest absolute Gasteiger partial charge is 0.481 e. The van der Waals surface area contributed by atoms with Gasteiger partial charge in [0.05, 0.1) is 7.11 Å². The Bertz CT molecular complexity index is 547. The number of methoxy groups -OCH3 is 1. The molecule has 0 spiro atoms. The van der Waals surface area contributed by atoms with E-state index in [1.807, 2.05) is 12.1 Å². The zero-order chi connectivity index (χ0) is 13.1. The van der Waals surface area contributed by atoms with Crippen molar-refractivity contribution in [2.45, 2.75) is 26.7 Å². The average molecular weight is 241 g/mol. The van der Waals surface area contributed by atoms with Gasteiger partial charge in [-0.1, -0.05) is 32.0 Å². The lowest BCUT2D eigenvalue weighted by molar-refractivity contribution is 0.399. The highest BCUT2D eigenvalue weighted by Gasteiger charge is 2.10. The van der Waals surface area contributed by atoms with Crippen LogP contribution in [0.1, 0.15) is 30.9 Å². The molecule has 18 heavy (non-hydrogen) atoms. The van der Waals surface area contributed by atoms with Crippen molar-refractivity contribution in [2.75, 3.05) is 7.11 Å². The molecule has 1 aromatic heterocycles. The fraction of sp³-hybridized carbons (Fsp3) is 0.312. The minimum Gasteiger partial charge on any atom is -0.481 e. The van der Waals surface area contributed by atoms with Crippen LogP contribution in [0.3, 0.4) is 0 Å². The summed E-state index contributed by atoms with van der Waals surface area (Å²) in [6.07, 6.45) is 1.75. The minimum atomic E-state index is 0.550. The number of rotatable bonds is 3. The highest BCUT2D eigenvalue weighted by molar-refractivity contribution is 5.71. The molecule has 0 aliphatic rings. The minimum absolute atomic E-state index is 0.550. The summed E-state index contributed by atoms with van der Waals surface area (Å²) in [5.41, 5.74) is 4.85. The lowest BCUT2D eigenvalue weighted by atomic mass is 9.95. The second-order valence-electron chi connectivity index (χ2n) is 4.79. The van der Waals surface area contributed by atoms with Gasteiger partial charge in [0.25, 0.3) is 0 Å². The first-order valence-electron chi connectivity index (χ1n) is 6.23. The van der Waals surface area contributed by atoms with E-state index in [-0.39, 0.29) is 0 Å². The van der Waals surface area contributed by atoms with E-state index in [1.165, 1.54) is 16.7 Å². The summed E-state index contributed by atoms with van der Waals surface area (Å²) in [6, 6.07) is 10.6. The van der Waals surface area contributed by atoms with Crippen LogP contribution < -0.4 is 4.74 Å². The van der Waals surface area contributed by atoms with Gasteiger partial charge in [-0.2, -0.15) is 0 Å². The molecule has 0 radical (unpaired) electrons. The first-order valence-corrected chi connectivity index (χ1v) is 6.23. The van der Waals surface area contributed by atoms with E-state index in [2.05, 4.69) is 44.0 Å². The Hall–Kier alpha value is -1.83. The Kier molecular flexibility index (Phi) is 3.66. The maximum Gasteiger partial charge on any atom is 0.221 e. The molecule has 2 aromatic rings. The molecule has 0 saturated carbocycles. The molecule has 0 bridgehead atoms. The van der Waals surface area contributed by atoms with E-state index in [0.717, 1.165) is 5.56 Å². The van der Waals surface area contributed by atoms with Crippen molar-refractivity contribution in [3.8, 4) is 17.0 Å². The monoisotopic (exact) mass is 241 g/mol. The predicted molar refractivity (Wildman–Crippen MR) is 75.1 cm³/mol. The van der Waals surface area contributed by atoms with Crippen molar-refractivity contribution in [3.63, 3.8) is 0 Å². The van der Waals surface area contributed by atoms with Crippen LogP contribution in [-0.2, 0) is 0 Å². The van der Waals surface area contributed by atoms with Crippen molar-refractivity contribution in [1.82, 2.24) is 4.98 Å². The van der Waals surface area contributed by atoms with E-state index in [1.54, 1.807) is 13.3 Å². The van der Waals surface area contributed by atoms with Crippen molar-refractivity contribution in [1.29, 1.82) is 0 Å². The molecule has 0 aliphatic carbocycles. The molecule has 0 aliphatic heterocycles. The highest BCUT2D eigenvalue weighted by atomic mass is 16.5. The maximum absolute atomic E-state index is 5.32. The van der Waals surface area contributed by atoms with Crippen molar-refractivity contribution in [3.05, 3.63) is 47.7 Å². The molecule has 0 saturated heterocycles. The molecule has 0 N–H and O–H groups in total. The van der Waals surface area contributed by atoms with E-state index in [4.69, 9.17) is 4.74 Å². The zero-order valence-corrected chi connectivity index (χ0v) is 11.4.